The number of carbonyl (C=O) groups is 2. The number of hydrogen-bond donors (Lipinski definition) is 1. The monoisotopic (exact) mass is 359 g/mol. The average molecular weight is 359 g/mol. The molecule has 0 bridgehead atoms. The maximum absolute atomic E-state index is 13.1. The first-order valence-electron chi connectivity index (χ1n) is 8.94. The van der Waals surface area contributed by atoms with Crippen LogP contribution < -0.4 is 5.32 Å². The number of nitrogens with one attached hydrogen (secondary N) is 1. The second-order valence-corrected chi connectivity index (χ2v) is 7.10. The Morgan fingerprint density at radius 2 is 2.19 bits per heavy atom. The van der Waals surface area contributed by atoms with E-state index in [0.717, 1.165) is 18.7 Å². The fourth-order valence-corrected chi connectivity index (χ4v) is 3.38. The molecule has 0 aromatic carbocycles. The average Bonchev–Trinajstić information content (AvgIpc) is 3.30. The zero-order valence-corrected chi connectivity index (χ0v) is 15.4. The lowest BCUT2D eigenvalue weighted by molar-refractivity contribution is -0.135. The van der Waals surface area contributed by atoms with Gasteiger partial charge in [-0.1, -0.05) is 13.8 Å². The SMILES string of the molecule is CC(C)C(NC(=O)c1ccco1)C(=O)N1CCCC(c2nncn2C)C1. The maximum atomic E-state index is 13.1. The van der Waals surface area contributed by atoms with Gasteiger partial charge in [0.05, 0.1) is 6.26 Å². The summed E-state index contributed by atoms with van der Waals surface area (Å²) in [6.45, 7) is 5.13. The van der Waals surface area contributed by atoms with E-state index >= 15 is 0 Å². The molecule has 3 rings (SSSR count). The summed E-state index contributed by atoms with van der Waals surface area (Å²) in [5.41, 5.74) is 0. The van der Waals surface area contributed by atoms with Gasteiger partial charge in [0.2, 0.25) is 5.91 Å². The van der Waals surface area contributed by atoms with Gasteiger partial charge < -0.3 is 19.2 Å². The Labute approximate surface area is 152 Å². The largest absolute Gasteiger partial charge is 0.459 e. The number of furan rings is 1. The normalized spacial score (nSPS) is 18.8. The number of piperidine rings is 1. The second kappa shape index (κ2) is 7.72. The van der Waals surface area contributed by atoms with Crippen LogP contribution >= 0.6 is 0 Å². The molecule has 0 radical (unpaired) electrons. The quantitative estimate of drug-likeness (QED) is 0.875. The fourth-order valence-electron chi connectivity index (χ4n) is 3.38. The van der Waals surface area contributed by atoms with Crippen LogP contribution in [0.5, 0.6) is 0 Å². The molecule has 1 saturated heterocycles. The predicted molar refractivity (Wildman–Crippen MR) is 94.4 cm³/mol. The number of aromatic nitrogens is 3. The molecule has 140 valence electrons. The highest BCUT2D eigenvalue weighted by Gasteiger charge is 2.33. The highest BCUT2D eigenvalue weighted by atomic mass is 16.3. The van der Waals surface area contributed by atoms with Gasteiger partial charge in [0, 0.05) is 26.1 Å². The highest BCUT2D eigenvalue weighted by Crippen LogP contribution is 2.26. The Bertz CT molecular complexity index is 753. The zero-order chi connectivity index (χ0) is 18.7. The van der Waals surface area contributed by atoms with Crippen LogP contribution in [0, 0.1) is 5.92 Å². The molecular weight excluding hydrogens is 334 g/mol. The number of likely N-dealkylation sites (tertiary alicyclic amines) is 1. The van der Waals surface area contributed by atoms with Crippen molar-refractivity contribution in [3.8, 4) is 0 Å². The Morgan fingerprint density at radius 1 is 1.38 bits per heavy atom. The summed E-state index contributed by atoms with van der Waals surface area (Å²) in [6, 6.07) is 2.64. The molecule has 1 aliphatic rings. The fraction of sp³-hybridized carbons (Fsp3) is 0.556. The van der Waals surface area contributed by atoms with Crippen molar-refractivity contribution < 1.29 is 14.0 Å². The molecule has 3 heterocycles. The minimum absolute atomic E-state index is 0.0309. The van der Waals surface area contributed by atoms with Crippen LogP contribution in [0.1, 0.15) is 49.0 Å². The Balaban J connectivity index is 1.70. The number of rotatable bonds is 5. The molecule has 2 aromatic rings. The van der Waals surface area contributed by atoms with Crippen molar-refractivity contribution in [1.29, 1.82) is 0 Å². The van der Waals surface area contributed by atoms with Gasteiger partial charge in [-0.25, -0.2) is 0 Å². The van der Waals surface area contributed by atoms with Crippen LogP contribution in [0.4, 0.5) is 0 Å². The minimum Gasteiger partial charge on any atom is -0.459 e. The highest BCUT2D eigenvalue weighted by molar-refractivity contribution is 5.95. The molecule has 2 atom stereocenters. The standard InChI is InChI=1S/C18H25N5O3/c1-12(2)15(20-17(24)14-7-5-9-26-14)18(25)23-8-4-6-13(10-23)16-21-19-11-22(16)3/h5,7,9,11-13,15H,4,6,8,10H2,1-3H3,(H,20,24). The summed E-state index contributed by atoms with van der Waals surface area (Å²) in [5.74, 6) is 0.795. The summed E-state index contributed by atoms with van der Waals surface area (Å²) in [6.07, 6.45) is 5.00. The number of hydrogen-bond acceptors (Lipinski definition) is 5. The smallest absolute Gasteiger partial charge is 0.287 e. The van der Waals surface area contributed by atoms with Crippen molar-refractivity contribution in [3.05, 3.63) is 36.3 Å². The van der Waals surface area contributed by atoms with Crippen molar-refractivity contribution >= 4 is 11.8 Å². The van der Waals surface area contributed by atoms with Crippen molar-refractivity contribution in [2.24, 2.45) is 13.0 Å². The van der Waals surface area contributed by atoms with Gasteiger partial charge in [0.15, 0.2) is 5.76 Å². The van der Waals surface area contributed by atoms with Crippen molar-refractivity contribution in [3.63, 3.8) is 0 Å². The van der Waals surface area contributed by atoms with Crippen LogP contribution in [-0.2, 0) is 11.8 Å². The van der Waals surface area contributed by atoms with Gasteiger partial charge in [0.1, 0.15) is 18.2 Å². The van der Waals surface area contributed by atoms with E-state index in [1.165, 1.54) is 6.26 Å². The van der Waals surface area contributed by atoms with Gasteiger partial charge in [0.25, 0.3) is 5.91 Å². The number of nitrogens with zero attached hydrogens (tertiary/aromatic N) is 4. The van der Waals surface area contributed by atoms with Gasteiger partial charge in [-0.3, -0.25) is 9.59 Å². The van der Waals surface area contributed by atoms with Crippen LogP contribution in [-0.4, -0.2) is 50.6 Å². The van der Waals surface area contributed by atoms with Crippen LogP contribution in [0.15, 0.2) is 29.1 Å². The van der Waals surface area contributed by atoms with E-state index in [1.54, 1.807) is 18.5 Å². The molecule has 0 spiro atoms. The molecule has 8 nitrogen and oxygen atoms in total. The number of aryl methyl sites for hydroxylation is 1. The molecule has 2 amide bonds. The third kappa shape index (κ3) is 3.79. The summed E-state index contributed by atoms with van der Waals surface area (Å²) < 4.78 is 7.03. The van der Waals surface area contributed by atoms with E-state index in [4.69, 9.17) is 4.42 Å². The first kappa shape index (κ1) is 18.2. The summed E-state index contributed by atoms with van der Waals surface area (Å²) in [5, 5.41) is 10.9. The molecule has 1 aliphatic heterocycles. The Hall–Kier alpha value is -2.64. The van der Waals surface area contributed by atoms with Gasteiger partial charge in [-0.2, -0.15) is 0 Å². The van der Waals surface area contributed by atoms with Crippen LogP contribution in [0.3, 0.4) is 0 Å². The summed E-state index contributed by atoms with van der Waals surface area (Å²) in [4.78, 5) is 27.2. The van der Waals surface area contributed by atoms with E-state index in [9.17, 15) is 9.59 Å². The lowest BCUT2D eigenvalue weighted by atomic mass is 9.95. The van der Waals surface area contributed by atoms with E-state index < -0.39 is 6.04 Å². The Kier molecular flexibility index (Phi) is 5.39. The first-order valence-corrected chi connectivity index (χ1v) is 8.94. The molecule has 2 aromatic heterocycles. The minimum atomic E-state index is -0.592. The molecule has 26 heavy (non-hydrogen) atoms. The van der Waals surface area contributed by atoms with Gasteiger partial charge >= 0.3 is 0 Å². The molecule has 0 saturated carbocycles. The van der Waals surface area contributed by atoms with Crippen LogP contribution in [0.2, 0.25) is 0 Å². The van der Waals surface area contributed by atoms with Crippen molar-refractivity contribution in [2.75, 3.05) is 13.1 Å². The molecule has 1 fully saturated rings. The maximum Gasteiger partial charge on any atom is 0.287 e. The Morgan fingerprint density at radius 3 is 2.81 bits per heavy atom. The van der Waals surface area contributed by atoms with Gasteiger partial charge in [-0.05, 0) is 30.9 Å². The van der Waals surface area contributed by atoms with Crippen molar-refractivity contribution in [1.82, 2.24) is 25.0 Å². The van der Waals surface area contributed by atoms with E-state index in [2.05, 4.69) is 15.5 Å². The van der Waals surface area contributed by atoms with E-state index in [1.807, 2.05) is 30.4 Å². The van der Waals surface area contributed by atoms with Crippen molar-refractivity contribution in [2.45, 2.75) is 38.6 Å². The van der Waals surface area contributed by atoms with Crippen LogP contribution in [0.25, 0.3) is 0 Å². The molecule has 0 aliphatic carbocycles. The number of amides is 2. The molecular formula is C18H25N5O3. The summed E-state index contributed by atoms with van der Waals surface area (Å²) in [7, 11) is 1.91. The number of carbonyl (C=O) groups excluding carboxylic acids is 2. The van der Waals surface area contributed by atoms with E-state index in [0.29, 0.717) is 13.1 Å². The third-order valence-corrected chi connectivity index (χ3v) is 4.81. The molecule has 8 heteroatoms. The third-order valence-electron chi connectivity index (χ3n) is 4.81. The lowest BCUT2D eigenvalue weighted by Gasteiger charge is -2.35. The predicted octanol–water partition coefficient (Wildman–Crippen LogP) is 1.57. The lowest BCUT2D eigenvalue weighted by Crippen LogP contribution is -2.53. The second-order valence-electron chi connectivity index (χ2n) is 7.10. The zero-order valence-electron chi connectivity index (χ0n) is 15.4. The first-order chi connectivity index (χ1) is 12.5. The molecule has 2 unspecified atom stereocenters. The molecule has 1 N–H and O–H groups in total. The summed E-state index contributed by atoms with van der Waals surface area (Å²) >= 11 is 0. The topological polar surface area (TPSA) is 93.3 Å². The van der Waals surface area contributed by atoms with E-state index in [-0.39, 0.29) is 29.4 Å². The van der Waals surface area contributed by atoms with Gasteiger partial charge in [-0.15, -0.1) is 10.2 Å².